The van der Waals surface area contributed by atoms with Crippen molar-refractivity contribution in [3.8, 4) is 11.3 Å². The first kappa shape index (κ1) is 18.3. The highest BCUT2D eigenvalue weighted by atomic mass is 35.5. The van der Waals surface area contributed by atoms with Gasteiger partial charge in [-0.05, 0) is 24.3 Å². The highest BCUT2D eigenvalue weighted by Gasteiger charge is 2.24. The summed E-state index contributed by atoms with van der Waals surface area (Å²) in [7, 11) is 0. The van der Waals surface area contributed by atoms with Crippen molar-refractivity contribution in [3.63, 3.8) is 0 Å². The maximum absolute atomic E-state index is 12.4. The fraction of sp³-hybridized carbons (Fsp3) is 0.211. The van der Waals surface area contributed by atoms with E-state index < -0.39 is 12.0 Å². The van der Waals surface area contributed by atoms with Crippen molar-refractivity contribution < 1.29 is 19.1 Å². The minimum absolute atomic E-state index is 0.0980. The lowest BCUT2D eigenvalue weighted by molar-refractivity contribution is 0.0931. The number of aliphatic hydroxyl groups is 1. The second kappa shape index (κ2) is 7.49. The van der Waals surface area contributed by atoms with E-state index in [0.29, 0.717) is 16.5 Å². The lowest BCUT2D eigenvalue weighted by atomic mass is 10.2. The van der Waals surface area contributed by atoms with Gasteiger partial charge in [0.25, 0.3) is 11.8 Å². The summed E-state index contributed by atoms with van der Waals surface area (Å²) in [6.45, 7) is 0.454. The summed E-state index contributed by atoms with van der Waals surface area (Å²) >= 11 is 5.99. The molecule has 3 heterocycles. The van der Waals surface area contributed by atoms with Gasteiger partial charge in [0, 0.05) is 23.2 Å². The highest BCUT2D eigenvalue weighted by molar-refractivity contribution is 6.30. The number of aliphatic hydroxyl groups excluding tert-OH is 1. The summed E-state index contributed by atoms with van der Waals surface area (Å²) in [5, 5.41) is 19.8. The van der Waals surface area contributed by atoms with Gasteiger partial charge < -0.3 is 20.2 Å². The van der Waals surface area contributed by atoms with E-state index in [2.05, 4.69) is 15.7 Å². The van der Waals surface area contributed by atoms with E-state index >= 15 is 0 Å². The minimum Gasteiger partial charge on any atom is -0.459 e. The molecular weight excluding hydrogens is 384 g/mol. The number of benzene rings is 1. The number of fused-ring (bicyclic) bond motifs is 1. The predicted octanol–water partition coefficient (Wildman–Crippen LogP) is 1.83. The zero-order chi connectivity index (χ0) is 19.7. The molecule has 3 N–H and O–H groups in total. The van der Waals surface area contributed by atoms with E-state index in [-0.39, 0.29) is 36.9 Å². The fourth-order valence-electron chi connectivity index (χ4n) is 2.94. The van der Waals surface area contributed by atoms with Crippen LogP contribution in [0.15, 0.2) is 46.9 Å². The van der Waals surface area contributed by atoms with Gasteiger partial charge in [0.2, 0.25) is 0 Å². The lowest BCUT2D eigenvalue weighted by Crippen LogP contribution is -2.30. The number of carbonyl (C=O) groups is 2. The molecule has 4 rings (SSSR count). The number of carbonyl (C=O) groups excluding carboxylic acids is 2. The Kier molecular flexibility index (Phi) is 4.89. The molecule has 2 amide bonds. The van der Waals surface area contributed by atoms with Gasteiger partial charge in [-0.3, -0.25) is 14.3 Å². The molecule has 0 aliphatic carbocycles. The Morgan fingerprint density at radius 1 is 1.36 bits per heavy atom. The van der Waals surface area contributed by atoms with Crippen LogP contribution in [-0.4, -0.2) is 39.4 Å². The van der Waals surface area contributed by atoms with Gasteiger partial charge in [0.05, 0.1) is 19.2 Å². The molecule has 8 nitrogen and oxygen atoms in total. The average Bonchev–Trinajstić information content (AvgIpc) is 3.29. The average molecular weight is 401 g/mol. The summed E-state index contributed by atoms with van der Waals surface area (Å²) in [5.74, 6) is 0.396. The number of nitrogens with one attached hydrogen (secondary N) is 2. The third kappa shape index (κ3) is 3.78. The van der Waals surface area contributed by atoms with Gasteiger partial charge in [-0.2, -0.15) is 5.10 Å². The van der Waals surface area contributed by atoms with Gasteiger partial charge in [-0.25, -0.2) is 0 Å². The molecule has 1 aliphatic heterocycles. The monoisotopic (exact) mass is 400 g/mol. The fourth-order valence-corrected chi connectivity index (χ4v) is 3.13. The van der Waals surface area contributed by atoms with E-state index in [0.717, 1.165) is 5.56 Å². The number of hydrogen-bond donors (Lipinski definition) is 3. The molecule has 1 atom stereocenters. The van der Waals surface area contributed by atoms with Crippen molar-refractivity contribution in [3.05, 3.63) is 64.6 Å². The van der Waals surface area contributed by atoms with Crippen molar-refractivity contribution >= 4 is 23.4 Å². The van der Waals surface area contributed by atoms with Crippen LogP contribution in [0.4, 0.5) is 0 Å². The van der Waals surface area contributed by atoms with Crippen molar-refractivity contribution in [2.75, 3.05) is 6.54 Å². The Hall–Kier alpha value is -3.10. The van der Waals surface area contributed by atoms with E-state index in [1.807, 2.05) is 12.1 Å². The number of amides is 2. The molecule has 0 bridgehead atoms. The molecule has 144 valence electrons. The zero-order valence-electron chi connectivity index (χ0n) is 14.7. The first-order chi connectivity index (χ1) is 13.5. The predicted molar refractivity (Wildman–Crippen MR) is 101 cm³/mol. The number of rotatable bonds is 4. The molecule has 0 saturated carbocycles. The number of aromatic nitrogens is 2. The lowest BCUT2D eigenvalue weighted by Gasteiger charge is -2.06. The number of nitrogens with zero attached hydrogens (tertiary/aromatic N) is 2. The van der Waals surface area contributed by atoms with Crippen LogP contribution < -0.4 is 10.6 Å². The summed E-state index contributed by atoms with van der Waals surface area (Å²) in [4.78, 5) is 24.4. The Morgan fingerprint density at radius 2 is 2.21 bits per heavy atom. The first-order valence-corrected chi connectivity index (χ1v) is 9.04. The van der Waals surface area contributed by atoms with E-state index in [4.69, 9.17) is 16.0 Å². The van der Waals surface area contributed by atoms with E-state index in [1.165, 1.54) is 10.7 Å². The van der Waals surface area contributed by atoms with Gasteiger partial charge in [0.15, 0.2) is 5.69 Å². The molecular formula is C19H17ClN4O4. The Balaban J connectivity index is 1.43. The Labute approximate surface area is 165 Å². The summed E-state index contributed by atoms with van der Waals surface area (Å²) in [5.41, 5.74) is 1.18. The van der Waals surface area contributed by atoms with Crippen molar-refractivity contribution in [1.82, 2.24) is 20.4 Å². The highest BCUT2D eigenvalue weighted by Crippen LogP contribution is 2.24. The molecule has 1 unspecified atom stereocenters. The SMILES string of the molecule is O=C(NCc1ccc(-c2cccc(Cl)c2)o1)c1cc2n(n1)CC(O)CNC2=O. The van der Waals surface area contributed by atoms with Crippen LogP contribution in [0.5, 0.6) is 0 Å². The molecule has 2 aromatic heterocycles. The van der Waals surface area contributed by atoms with Crippen LogP contribution in [0, 0.1) is 0 Å². The smallest absolute Gasteiger partial charge is 0.272 e. The number of furan rings is 1. The van der Waals surface area contributed by atoms with E-state index in [1.54, 1.807) is 24.3 Å². The standard InChI is InChI=1S/C19H17ClN4O4/c20-12-3-1-2-11(6-12)17-5-4-14(28-17)9-22-18(26)15-7-16-19(27)21-8-13(25)10-24(16)23-15/h1-7,13,25H,8-10H2,(H,21,27)(H,22,26). The summed E-state index contributed by atoms with van der Waals surface area (Å²) in [6.07, 6.45) is -0.756. The summed E-state index contributed by atoms with van der Waals surface area (Å²) in [6, 6.07) is 12.3. The number of β-amino-alcohol motifs (C(OH)–C–C–N with tert-alkyl or cyclic N) is 1. The van der Waals surface area contributed by atoms with Crippen LogP contribution in [0.1, 0.15) is 26.7 Å². The Bertz CT molecular complexity index is 1040. The number of halogens is 1. The third-order valence-corrected chi connectivity index (χ3v) is 4.56. The Morgan fingerprint density at radius 3 is 3.04 bits per heavy atom. The molecule has 0 radical (unpaired) electrons. The van der Waals surface area contributed by atoms with Crippen molar-refractivity contribution in [2.24, 2.45) is 0 Å². The first-order valence-electron chi connectivity index (χ1n) is 8.66. The molecule has 3 aromatic rings. The molecule has 0 saturated heterocycles. The van der Waals surface area contributed by atoms with Crippen LogP contribution in [0.25, 0.3) is 11.3 Å². The maximum Gasteiger partial charge on any atom is 0.272 e. The van der Waals surface area contributed by atoms with Gasteiger partial charge in [0.1, 0.15) is 17.2 Å². The molecule has 1 aliphatic rings. The molecule has 0 fully saturated rings. The van der Waals surface area contributed by atoms with Crippen LogP contribution >= 0.6 is 11.6 Å². The third-order valence-electron chi connectivity index (χ3n) is 4.32. The molecule has 1 aromatic carbocycles. The maximum atomic E-state index is 12.4. The van der Waals surface area contributed by atoms with Crippen molar-refractivity contribution in [2.45, 2.75) is 19.2 Å². The summed E-state index contributed by atoms with van der Waals surface area (Å²) < 4.78 is 7.08. The van der Waals surface area contributed by atoms with Crippen LogP contribution in [0.2, 0.25) is 5.02 Å². The second-order valence-corrected chi connectivity index (χ2v) is 6.86. The molecule has 9 heteroatoms. The topological polar surface area (TPSA) is 109 Å². The van der Waals surface area contributed by atoms with Gasteiger partial charge in [-0.1, -0.05) is 23.7 Å². The second-order valence-electron chi connectivity index (χ2n) is 6.42. The van der Waals surface area contributed by atoms with Gasteiger partial charge >= 0.3 is 0 Å². The zero-order valence-corrected chi connectivity index (χ0v) is 15.4. The quantitative estimate of drug-likeness (QED) is 0.619. The molecule has 0 spiro atoms. The van der Waals surface area contributed by atoms with Crippen LogP contribution in [0.3, 0.4) is 0 Å². The minimum atomic E-state index is -0.756. The van der Waals surface area contributed by atoms with Crippen LogP contribution in [-0.2, 0) is 13.1 Å². The molecule has 28 heavy (non-hydrogen) atoms. The van der Waals surface area contributed by atoms with Gasteiger partial charge in [-0.15, -0.1) is 0 Å². The van der Waals surface area contributed by atoms with E-state index in [9.17, 15) is 14.7 Å². The van der Waals surface area contributed by atoms with Crippen molar-refractivity contribution in [1.29, 1.82) is 0 Å². The largest absolute Gasteiger partial charge is 0.459 e. The number of hydrogen-bond acceptors (Lipinski definition) is 5. The normalized spacial score (nSPS) is 16.2.